The van der Waals surface area contributed by atoms with E-state index in [0.717, 1.165) is 31.4 Å². The summed E-state index contributed by atoms with van der Waals surface area (Å²) >= 11 is 0. The van der Waals surface area contributed by atoms with Gasteiger partial charge in [0.2, 0.25) is 5.91 Å². The van der Waals surface area contributed by atoms with E-state index in [4.69, 9.17) is 4.52 Å². The highest BCUT2D eigenvalue weighted by Gasteiger charge is 2.27. The maximum Gasteiger partial charge on any atom is 0.273 e. The van der Waals surface area contributed by atoms with Gasteiger partial charge >= 0.3 is 0 Å². The number of amides is 2. The van der Waals surface area contributed by atoms with E-state index in [2.05, 4.69) is 48.7 Å². The molecular weight excluding hydrogens is 342 g/mol. The molecule has 1 saturated carbocycles. The maximum atomic E-state index is 12.5. The third-order valence-electron chi connectivity index (χ3n) is 5.12. The molecule has 1 aromatic heterocycles. The Bertz CT molecular complexity index is 768. The van der Waals surface area contributed by atoms with Crippen LogP contribution in [0.4, 0.5) is 5.69 Å². The van der Waals surface area contributed by atoms with Crippen LogP contribution in [0.1, 0.15) is 62.5 Å². The minimum atomic E-state index is -0.226. The van der Waals surface area contributed by atoms with Crippen molar-refractivity contribution >= 4 is 17.5 Å². The number of anilines is 1. The van der Waals surface area contributed by atoms with Gasteiger partial charge in [-0.3, -0.25) is 9.59 Å². The topological polar surface area (TPSA) is 84.2 Å². The van der Waals surface area contributed by atoms with Crippen LogP contribution in [0.5, 0.6) is 0 Å². The molecule has 6 heteroatoms. The van der Waals surface area contributed by atoms with E-state index in [1.165, 1.54) is 11.8 Å². The van der Waals surface area contributed by atoms with E-state index in [-0.39, 0.29) is 34.9 Å². The van der Waals surface area contributed by atoms with Gasteiger partial charge in [-0.25, -0.2) is 0 Å². The standard InChI is InChI=1S/C21H27N3O3/c1-21(2,3)15-6-10-17(11-7-15)22-19(25)14-4-8-16(9-5-14)23-20(26)18-12-13-27-24-18/h6-7,10-14,16H,4-5,8-9H2,1-3H3,(H,22,25)(H,23,26)/t14-,16+. The fraction of sp³-hybridized carbons (Fsp3) is 0.476. The number of nitrogens with zero attached hydrogens (tertiary/aromatic N) is 1. The number of benzene rings is 1. The number of carbonyl (C=O) groups is 2. The van der Waals surface area contributed by atoms with Gasteiger partial charge in [0.05, 0.1) is 0 Å². The van der Waals surface area contributed by atoms with Gasteiger partial charge in [0.15, 0.2) is 5.69 Å². The fourth-order valence-corrected chi connectivity index (χ4v) is 3.39. The lowest BCUT2D eigenvalue weighted by Crippen LogP contribution is -2.39. The van der Waals surface area contributed by atoms with Crippen molar-refractivity contribution in [1.82, 2.24) is 10.5 Å². The number of carbonyl (C=O) groups excluding carboxylic acids is 2. The van der Waals surface area contributed by atoms with E-state index >= 15 is 0 Å². The van der Waals surface area contributed by atoms with Crippen LogP contribution in [-0.4, -0.2) is 23.0 Å². The minimum absolute atomic E-state index is 0.0208. The molecule has 2 amide bonds. The van der Waals surface area contributed by atoms with Crippen molar-refractivity contribution in [3.63, 3.8) is 0 Å². The van der Waals surface area contributed by atoms with E-state index in [9.17, 15) is 9.59 Å². The molecule has 1 aliphatic carbocycles. The van der Waals surface area contributed by atoms with Crippen LogP contribution in [0.15, 0.2) is 41.1 Å². The quantitative estimate of drug-likeness (QED) is 0.856. The third kappa shape index (κ3) is 4.96. The van der Waals surface area contributed by atoms with Crippen LogP contribution in [0.25, 0.3) is 0 Å². The molecule has 144 valence electrons. The molecule has 1 aromatic carbocycles. The molecule has 0 aliphatic heterocycles. The highest BCUT2D eigenvalue weighted by atomic mass is 16.5. The fourth-order valence-electron chi connectivity index (χ4n) is 3.39. The van der Waals surface area contributed by atoms with Crippen LogP contribution < -0.4 is 10.6 Å². The molecule has 6 nitrogen and oxygen atoms in total. The highest BCUT2D eigenvalue weighted by Crippen LogP contribution is 2.27. The van der Waals surface area contributed by atoms with Gasteiger partial charge in [-0.05, 0) is 48.8 Å². The molecule has 0 unspecified atom stereocenters. The molecule has 1 heterocycles. The summed E-state index contributed by atoms with van der Waals surface area (Å²) in [6.45, 7) is 6.50. The average molecular weight is 369 g/mol. The summed E-state index contributed by atoms with van der Waals surface area (Å²) < 4.78 is 4.69. The third-order valence-corrected chi connectivity index (χ3v) is 5.12. The number of aromatic nitrogens is 1. The predicted octanol–water partition coefficient (Wildman–Crippen LogP) is 3.90. The Morgan fingerprint density at radius 3 is 2.26 bits per heavy atom. The van der Waals surface area contributed by atoms with Crippen molar-refractivity contribution in [3.05, 3.63) is 47.9 Å². The van der Waals surface area contributed by atoms with Crippen molar-refractivity contribution in [3.8, 4) is 0 Å². The SMILES string of the molecule is CC(C)(C)c1ccc(NC(=O)[C@H]2CC[C@@H](NC(=O)c3ccon3)CC2)cc1. The van der Waals surface area contributed by atoms with Gasteiger partial charge in [-0.15, -0.1) is 0 Å². The van der Waals surface area contributed by atoms with Crippen LogP contribution in [-0.2, 0) is 10.2 Å². The molecular formula is C21H27N3O3. The molecule has 0 bridgehead atoms. The summed E-state index contributed by atoms with van der Waals surface area (Å²) in [5.41, 5.74) is 2.45. The second-order valence-electron chi connectivity index (χ2n) is 8.22. The zero-order chi connectivity index (χ0) is 19.4. The van der Waals surface area contributed by atoms with Crippen LogP contribution in [0, 0.1) is 5.92 Å². The Morgan fingerprint density at radius 1 is 1.04 bits per heavy atom. The van der Waals surface area contributed by atoms with Gasteiger partial charge in [0, 0.05) is 23.7 Å². The Balaban J connectivity index is 1.48. The first-order valence-electron chi connectivity index (χ1n) is 9.45. The first-order chi connectivity index (χ1) is 12.8. The Morgan fingerprint density at radius 2 is 1.70 bits per heavy atom. The van der Waals surface area contributed by atoms with E-state index in [1.54, 1.807) is 6.07 Å². The van der Waals surface area contributed by atoms with E-state index < -0.39 is 0 Å². The maximum absolute atomic E-state index is 12.5. The summed E-state index contributed by atoms with van der Waals surface area (Å²) in [6, 6.07) is 9.66. The molecule has 0 radical (unpaired) electrons. The number of hydrogen-bond acceptors (Lipinski definition) is 4. The number of nitrogens with one attached hydrogen (secondary N) is 2. The molecule has 0 spiro atoms. The minimum Gasteiger partial charge on any atom is -0.364 e. The summed E-state index contributed by atoms with van der Waals surface area (Å²) in [5.74, 6) is -0.192. The average Bonchev–Trinajstić information content (AvgIpc) is 3.17. The highest BCUT2D eigenvalue weighted by molar-refractivity contribution is 5.93. The lowest BCUT2D eigenvalue weighted by Gasteiger charge is -2.28. The summed E-state index contributed by atoms with van der Waals surface area (Å²) in [6.07, 6.45) is 4.46. The van der Waals surface area contributed by atoms with Gasteiger partial charge in [0.1, 0.15) is 6.26 Å². The Labute approximate surface area is 159 Å². The second kappa shape index (κ2) is 7.94. The lowest BCUT2D eigenvalue weighted by atomic mass is 9.85. The first kappa shape index (κ1) is 19.1. The van der Waals surface area contributed by atoms with Crippen molar-refractivity contribution in [1.29, 1.82) is 0 Å². The number of rotatable bonds is 4. The largest absolute Gasteiger partial charge is 0.364 e. The normalized spacial score (nSPS) is 20.1. The van der Waals surface area contributed by atoms with E-state index in [0.29, 0.717) is 0 Å². The molecule has 0 atom stereocenters. The van der Waals surface area contributed by atoms with Gasteiger partial charge < -0.3 is 15.2 Å². The molecule has 1 aliphatic rings. The molecule has 0 saturated heterocycles. The second-order valence-corrected chi connectivity index (χ2v) is 8.22. The van der Waals surface area contributed by atoms with Gasteiger partial charge in [-0.2, -0.15) is 0 Å². The first-order valence-corrected chi connectivity index (χ1v) is 9.45. The van der Waals surface area contributed by atoms with Crippen LogP contribution >= 0.6 is 0 Å². The zero-order valence-corrected chi connectivity index (χ0v) is 16.1. The van der Waals surface area contributed by atoms with Crippen molar-refractivity contribution in [2.24, 2.45) is 5.92 Å². The lowest BCUT2D eigenvalue weighted by molar-refractivity contribution is -0.120. The molecule has 3 rings (SSSR count). The predicted molar refractivity (Wildman–Crippen MR) is 103 cm³/mol. The van der Waals surface area contributed by atoms with Crippen molar-refractivity contribution in [2.75, 3.05) is 5.32 Å². The summed E-state index contributed by atoms with van der Waals surface area (Å²) in [4.78, 5) is 24.6. The van der Waals surface area contributed by atoms with Crippen molar-refractivity contribution < 1.29 is 14.1 Å². The van der Waals surface area contributed by atoms with E-state index in [1.807, 2.05) is 12.1 Å². The summed E-state index contributed by atoms with van der Waals surface area (Å²) in [5, 5.41) is 9.62. The smallest absolute Gasteiger partial charge is 0.273 e. The zero-order valence-electron chi connectivity index (χ0n) is 16.1. The number of hydrogen-bond donors (Lipinski definition) is 2. The molecule has 2 aromatic rings. The van der Waals surface area contributed by atoms with Crippen LogP contribution in [0.3, 0.4) is 0 Å². The molecule has 27 heavy (non-hydrogen) atoms. The van der Waals surface area contributed by atoms with Crippen molar-refractivity contribution in [2.45, 2.75) is 57.9 Å². The Kier molecular flexibility index (Phi) is 5.63. The van der Waals surface area contributed by atoms with Crippen LogP contribution in [0.2, 0.25) is 0 Å². The summed E-state index contributed by atoms with van der Waals surface area (Å²) in [7, 11) is 0. The molecule has 2 N–H and O–H groups in total. The van der Waals surface area contributed by atoms with Gasteiger partial charge in [0.25, 0.3) is 5.91 Å². The van der Waals surface area contributed by atoms with Gasteiger partial charge in [-0.1, -0.05) is 38.1 Å². The molecule has 1 fully saturated rings. The monoisotopic (exact) mass is 369 g/mol. The Hall–Kier alpha value is -2.63.